The zero-order valence-electron chi connectivity index (χ0n) is 15.4. The molecule has 0 fully saturated rings. The lowest BCUT2D eigenvalue weighted by molar-refractivity contribution is -0.297. The molecule has 24 heavy (non-hydrogen) atoms. The van der Waals surface area contributed by atoms with Crippen molar-refractivity contribution in [3.05, 3.63) is 24.3 Å². The minimum Gasteiger partial charge on any atom is -0.463 e. The summed E-state index contributed by atoms with van der Waals surface area (Å²) >= 11 is 0. The van der Waals surface area contributed by atoms with Crippen molar-refractivity contribution in [2.24, 2.45) is 0 Å². The molecule has 0 amide bonds. The molecule has 0 aliphatic rings. The fourth-order valence-corrected chi connectivity index (χ4v) is 2.10. The fraction of sp³-hybridized carbons (Fsp3) is 0.667. The van der Waals surface area contributed by atoms with Gasteiger partial charge in [-0.3, -0.25) is 0 Å². The van der Waals surface area contributed by atoms with E-state index in [1.54, 1.807) is 32.9 Å². The van der Waals surface area contributed by atoms with Gasteiger partial charge in [0.25, 0.3) is 0 Å². The Kier molecular flexibility index (Phi) is 9.71. The predicted molar refractivity (Wildman–Crippen MR) is 93.4 cm³/mol. The zero-order chi connectivity index (χ0) is 17.9. The number of ether oxygens (including phenoxy) is 5. The quantitative estimate of drug-likeness (QED) is 0.353. The van der Waals surface area contributed by atoms with E-state index in [-0.39, 0.29) is 6.29 Å². The first-order chi connectivity index (χ1) is 11.4. The van der Waals surface area contributed by atoms with Crippen molar-refractivity contribution in [1.82, 2.24) is 0 Å². The van der Waals surface area contributed by atoms with E-state index in [4.69, 9.17) is 29.4 Å². The maximum atomic E-state index is 5.84. The molecule has 0 aromatic heterocycles. The monoisotopic (exact) mass is 341 g/mol. The first-order valence-corrected chi connectivity index (χ1v) is 8.51. The highest BCUT2D eigenvalue weighted by molar-refractivity contribution is 5.51. The summed E-state index contributed by atoms with van der Waals surface area (Å²) in [5.41, 5.74) is 6.41. The van der Waals surface area contributed by atoms with Gasteiger partial charge in [0.15, 0.2) is 25.2 Å². The molecule has 1 rings (SSSR count). The highest BCUT2D eigenvalue weighted by Crippen LogP contribution is 2.22. The summed E-state index contributed by atoms with van der Waals surface area (Å²) in [6.45, 7) is 10.0. The highest BCUT2D eigenvalue weighted by Gasteiger charge is 2.16. The van der Waals surface area contributed by atoms with E-state index in [1.165, 1.54) is 0 Å². The van der Waals surface area contributed by atoms with Crippen molar-refractivity contribution in [1.29, 1.82) is 0 Å². The van der Waals surface area contributed by atoms with Crippen LogP contribution in [0.3, 0.4) is 0 Å². The number of nitrogens with two attached hydrogens (primary N) is 1. The van der Waals surface area contributed by atoms with Gasteiger partial charge in [0, 0.05) is 6.61 Å². The van der Waals surface area contributed by atoms with Crippen molar-refractivity contribution in [2.75, 3.05) is 12.3 Å². The third kappa shape index (κ3) is 8.49. The Morgan fingerprint density at radius 1 is 0.875 bits per heavy atom. The second kappa shape index (κ2) is 11.3. The minimum atomic E-state index is -0.505. The number of unbranched alkanes of at least 4 members (excludes halogenated alkanes) is 1. The standard InChI is InChI=1S/C18H31NO5/c1-6-7-12-20-13(2)21-14(3)22-15(4)23-16(5)24-18-11-9-8-10-17(18)19/h8-11,13-16H,6-7,12,19H2,1-5H3. The molecular formula is C18H31NO5. The molecule has 2 N–H and O–H groups in total. The second-order valence-electron chi connectivity index (χ2n) is 5.56. The average molecular weight is 341 g/mol. The minimum absolute atomic E-state index is 0.323. The molecule has 0 heterocycles. The molecule has 0 saturated heterocycles. The van der Waals surface area contributed by atoms with E-state index in [2.05, 4.69) is 6.92 Å². The molecule has 6 nitrogen and oxygen atoms in total. The topological polar surface area (TPSA) is 72.2 Å². The van der Waals surface area contributed by atoms with Gasteiger partial charge >= 0.3 is 0 Å². The van der Waals surface area contributed by atoms with Crippen molar-refractivity contribution in [3.63, 3.8) is 0 Å². The molecule has 0 spiro atoms. The number of rotatable bonds is 12. The van der Waals surface area contributed by atoms with E-state index in [0.29, 0.717) is 18.0 Å². The lowest BCUT2D eigenvalue weighted by Crippen LogP contribution is -2.30. The number of nitrogen functional groups attached to an aromatic ring is 1. The van der Waals surface area contributed by atoms with Crippen LogP contribution in [0.25, 0.3) is 0 Å². The van der Waals surface area contributed by atoms with Crippen LogP contribution in [0, 0.1) is 0 Å². The SMILES string of the molecule is CCCCOC(C)OC(C)OC(C)OC(C)Oc1ccccc1N. The fourth-order valence-electron chi connectivity index (χ4n) is 2.10. The van der Waals surface area contributed by atoms with Crippen LogP contribution in [0.1, 0.15) is 47.5 Å². The van der Waals surface area contributed by atoms with Gasteiger partial charge in [-0.2, -0.15) is 0 Å². The van der Waals surface area contributed by atoms with E-state index in [1.807, 2.05) is 19.1 Å². The number of hydrogen-bond donors (Lipinski definition) is 1. The molecule has 1 aromatic rings. The predicted octanol–water partition coefficient (Wildman–Crippen LogP) is 3.90. The zero-order valence-corrected chi connectivity index (χ0v) is 15.4. The van der Waals surface area contributed by atoms with E-state index in [9.17, 15) is 0 Å². The van der Waals surface area contributed by atoms with Crippen LogP contribution >= 0.6 is 0 Å². The lowest BCUT2D eigenvalue weighted by atomic mass is 10.3. The number of anilines is 1. The van der Waals surface area contributed by atoms with E-state index in [0.717, 1.165) is 12.8 Å². The Morgan fingerprint density at radius 2 is 1.46 bits per heavy atom. The number of benzene rings is 1. The maximum absolute atomic E-state index is 5.84. The van der Waals surface area contributed by atoms with Crippen molar-refractivity contribution in [2.45, 2.75) is 72.6 Å². The van der Waals surface area contributed by atoms with Gasteiger partial charge < -0.3 is 29.4 Å². The molecule has 138 valence electrons. The average Bonchev–Trinajstić information content (AvgIpc) is 2.49. The van der Waals surface area contributed by atoms with Crippen LogP contribution in [0.4, 0.5) is 5.69 Å². The van der Waals surface area contributed by atoms with Crippen LogP contribution in [0.5, 0.6) is 5.75 Å². The van der Waals surface area contributed by atoms with Crippen LogP contribution in [0.15, 0.2) is 24.3 Å². The van der Waals surface area contributed by atoms with Crippen molar-refractivity contribution >= 4 is 5.69 Å². The largest absolute Gasteiger partial charge is 0.463 e. The summed E-state index contributed by atoms with van der Waals surface area (Å²) in [4.78, 5) is 0. The van der Waals surface area contributed by atoms with Gasteiger partial charge in [0.1, 0.15) is 5.75 Å². The molecule has 0 bridgehead atoms. The molecule has 4 atom stereocenters. The molecule has 1 aromatic carbocycles. The van der Waals surface area contributed by atoms with Gasteiger partial charge in [-0.05, 0) is 46.2 Å². The van der Waals surface area contributed by atoms with Gasteiger partial charge in [-0.15, -0.1) is 0 Å². The molecule has 6 heteroatoms. The van der Waals surface area contributed by atoms with Gasteiger partial charge in [0.05, 0.1) is 5.69 Å². The van der Waals surface area contributed by atoms with Gasteiger partial charge in [-0.25, -0.2) is 0 Å². The van der Waals surface area contributed by atoms with Crippen molar-refractivity contribution in [3.8, 4) is 5.75 Å². The summed E-state index contributed by atoms with van der Waals surface area (Å²) in [5, 5.41) is 0. The third-order valence-electron chi connectivity index (χ3n) is 3.21. The number of hydrogen-bond acceptors (Lipinski definition) is 6. The van der Waals surface area contributed by atoms with E-state index >= 15 is 0 Å². The Balaban J connectivity index is 2.29. The summed E-state index contributed by atoms with van der Waals surface area (Å²) in [6.07, 6.45) is 0.327. The molecular weight excluding hydrogens is 310 g/mol. The normalized spacial score (nSPS) is 16.4. The van der Waals surface area contributed by atoms with Crippen LogP contribution in [0.2, 0.25) is 0 Å². The highest BCUT2D eigenvalue weighted by atomic mass is 16.8. The summed E-state index contributed by atoms with van der Waals surface area (Å²) < 4.78 is 28.0. The summed E-state index contributed by atoms with van der Waals surface area (Å²) in [6, 6.07) is 7.27. The molecule has 0 radical (unpaired) electrons. The lowest BCUT2D eigenvalue weighted by Gasteiger charge is -2.25. The number of para-hydroxylation sites is 2. The first-order valence-electron chi connectivity index (χ1n) is 8.51. The molecule has 0 saturated carbocycles. The molecule has 4 unspecified atom stereocenters. The first kappa shape index (κ1) is 20.7. The third-order valence-corrected chi connectivity index (χ3v) is 3.21. The molecule has 0 aliphatic heterocycles. The Bertz CT molecular complexity index is 457. The van der Waals surface area contributed by atoms with Crippen molar-refractivity contribution < 1.29 is 23.7 Å². The van der Waals surface area contributed by atoms with Crippen LogP contribution in [-0.4, -0.2) is 31.8 Å². The van der Waals surface area contributed by atoms with Crippen LogP contribution < -0.4 is 10.5 Å². The Morgan fingerprint density at radius 3 is 2.08 bits per heavy atom. The van der Waals surface area contributed by atoms with Crippen LogP contribution in [-0.2, 0) is 18.9 Å². The van der Waals surface area contributed by atoms with E-state index < -0.39 is 18.9 Å². The summed E-state index contributed by atoms with van der Waals surface area (Å²) in [7, 11) is 0. The molecule has 0 aliphatic carbocycles. The second-order valence-corrected chi connectivity index (χ2v) is 5.56. The van der Waals surface area contributed by atoms with Gasteiger partial charge in [0.2, 0.25) is 0 Å². The van der Waals surface area contributed by atoms with Gasteiger partial charge in [-0.1, -0.05) is 25.5 Å². The summed E-state index contributed by atoms with van der Waals surface area (Å²) in [5.74, 6) is 0.583. The Hall–Kier alpha value is -1.34. The maximum Gasteiger partial charge on any atom is 0.199 e. The Labute approximate surface area is 145 Å². The smallest absolute Gasteiger partial charge is 0.199 e.